The van der Waals surface area contributed by atoms with Gasteiger partial charge in [0.25, 0.3) is 0 Å². The molecule has 0 N–H and O–H groups in total. The van der Waals surface area contributed by atoms with Gasteiger partial charge in [0.2, 0.25) is 5.91 Å². The van der Waals surface area contributed by atoms with E-state index in [2.05, 4.69) is 31.1 Å². The maximum Gasteiger partial charge on any atom is 0.306 e. The van der Waals surface area contributed by atoms with Gasteiger partial charge in [0.1, 0.15) is 12.4 Å². The third kappa shape index (κ3) is 3.55. The number of hydrogen-bond acceptors (Lipinski definition) is 4. The fourth-order valence-corrected chi connectivity index (χ4v) is 3.45. The monoisotopic (exact) mass is 342 g/mol. The zero-order valence-corrected chi connectivity index (χ0v) is 14.5. The molecule has 25 heavy (non-hydrogen) atoms. The fourth-order valence-electron chi connectivity index (χ4n) is 3.45. The lowest BCUT2D eigenvalue weighted by atomic mass is 9.96. The molecule has 1 aromatic heterocycles. The van der Waals surface area contributed by atoms with E-state index < -0.39 is 4.92 Å². The van der Waals surface area contributed by atoms with Gasteiger partial charge in [0.15, 0.2) is 0 Å². The first kappa shape index (κ1) is 17.1. The smallest absolute Gasteiger partial charge is 0.306 e. The molecule has 7 nitrogen and oxygen atoms in total. The molecule has 1 amide bonds. The number of aromatic nitrogens is 2. The summed E-state index contributed by atoms with van der Waals surface area (Å²) in [6.07, 6.45) is 4.83. The summed E-state index contributed by atoms with van der Waals surface area (Å²) in [6, 6.07) is 6.36. The van der Waals surface area contributed by atoms with Crippen molar-refractivity contribution in [2.45, 2.75) is 45.7 Å². The van der Waals surface area contributed by atoms with Crippen LogP contribution in [-0.2, 0) is 11.3 Å². The van der Waals surface area contributed by atoms with Crippen LogP contribution in [0, 0.1) is 24.0 Å². The zero-order chi connectivity index (χ0) is 18.0. The molecule has 1 saturated heterocycles. The standard InChI is InChI=1S/C18H22N4O3/c1-13-5-3-6-16(14(13)2)17-7-4-9-21(17)18(23)8-10-20-12-15(11-19-20)22(24)25/h3,5-6,11-12,17H,4,7-10H2,1-2H3/t17-/m1/s1. The van der Waals surface area contributed by atoms with Gasteiger partial charge in [-0.05, 0) is 43.4 Å². The molecule has 0 unspecified atom stereocenters. The van der Waals surface area contributed by atoms with Crippen molar-refractivity contribution in [3.63, 3.8) is 0 Å². The molecule has 132 valence electrons. The average molecular weight is 342 g/mol. The first-order valence-electron chi connectivity index (χ1n) is 8.50. The number of carbonyl (C=O) groups is 1. The first-order chi connectivity index (χ1) is 12.0. The summed E-state index contributed by atoms with van der Waals surface area (Å²) in [4.78, 5) is 24.8. The van der Waals surface area contributed by atoms with Crippen molar-refractivity contribution in [3.05, 3.63) is 57.4 Å². The molecule has 1 aliphatic rings. The lowest BCUT2D eigenvalue weighted by Gasteiger charge is -2.27. The number of rotatable bonds is 5. The summed E-state index contributed by atoms with van der Waals surface area (Å²) in [7, 11) is 0. The van der Waals surface area contributed by atoms with Gasteiger partial charge < -0.3 is 4.90 Å². The Labute approximate surface area is 146 Å². The molecule has 3 rings (SSSR count). The molecule has 1 atom stereocenters. The molecule has 7 heteroatoms. The molecule has 0 radical (unpaired) electrons. The number of benzene rings is 1. The van der Waals surface area contributed by atoms with Gasteiger partial charge in [-0.25, -0.2) is 0 Å². The number of carbonyl (C=O) groups excluding carboxylic acids is 1. The van der Waals surface area contributed by atoms with Crippen LogP contribution in [-0.4, -0.2) is 32.1 Å². The fraction of sp³-hybridized carbons (Fsp3) is 0.444. The van der Waals surface area contributed by atoms with E-state index in [1.807, 2.05) is 11.0 Å². The van der Waals surface area contributed by atoms with Gasteiger partial charge in [-0.15, -0.1) is 0 Å². The minimum absolute atomic E-state index is 0.0538. The van der Waals surface area contributed by atoms with Crippen molar-refractivity contribution in [1.29, 1.82) is 0 Å². The average Bonchev–Trinajstić information content (AvgIpc) is 3.24. The van der Waals surface area contributed by atoms with Crippen molar-refractivity contribution in [2.75, 3.05) is 6.54 Å². The highest BCUT2D eigenvalue weighted by Crippen LogP contribution is 2.34. The minimum Gasteiger partial charge on any atom is -0.336 e. The summed E-state index contributed by atoms with van der Waals surface area (Å²) in [5.74, 6) is 0.0709. The number of amides is 1. The molecule has 2 heterocycles. The Morgan fingerprint density at radius 1 is 1.40 bits per heavy atom. The molecule has 0 saturated carbocycles. The second-order valence-electron chi connectivity index (χ2n) is 6.50. The molecule has 1 aromatic carbocycles. The summed E-state index contributed by atoms with van der Waals surface area (Å²) < 4.78 is 1.46. The number of aryl methyl sites for hydroxylation is 2. The number of likely N-dealkylation sites (tertiary alicyclic amines) is 1. The van der Waals surface area contributed by atoms with E-state index in [1.165, 1.54) is 33.8 Å². The summed E-state index contributed by atoms with van der Waals surface area (Å²) in [6.45, 7) is 5.30. The molecule has 0 aliphatic carbocycles. The van der Waals surface area contributed by atoms with Gasteiger partial charge in [-0.1, -0.05) is 18.2 Å². The lowest BCUT2D eigenvalue weighted by molar-refractivity contribution is -0.385. The van der Waals surface area contributed by atoms with Crippen LogP contribution in [0.4, 0.5) is 5.69 Å². The van der Waals surface area contributed by atoms with Crippen LogP contribution in [0.5, 0.6) is 0 Å². The first-order valence-corrected chi connectivity index (χ1v) is 8.50. The third-order valence-corrected chi connectivity index (χ3v) is 4.96. The zero-order valence-electron chi connectivity index (χ0n) is 14.5. The van der Waals surface area contributed by atoms with E-state index in [0.29, 0.717) is 13.0 Å². The second kappa shape index (κ2) is 7.04. The summed E-state index contributed by atoms with van der Waals surface area (Å²) in [5.41, 5.74) is 3.65. The highest BCUT2D eigenvalue weighted by molar-refractivity contribution is 5.77. The maximum absolute atomic E-state index is 12.7. The second-order valence-corrected chi connectivity index (χ2v) is 6.50. The Morgan fingerprint density at radius 2 is 2.20 bits per heavy atom. The molecular formula is C18H22N4O3. The molecule has 1 aliphatic heterocycles. The van der Waals surface area contributed by atoms with E-state index in [4.69, 9.17) is 0 Å². The topological polar surface area (TPSA) is 81.3 Å². The number of hydrogen-bond donors (Lipinski definition) is 0. The molecule has 0 bridgehead atoms. The Hall–Kier alpha value is -2.70. The van der Waals surface area contributed by atoms with Crippen molar-refractivity contribution in [3.8, 4) is 0 Å². The predicted octanol–water partition coefficient (Wildman–Crippen LogP) is 3.16. The number of nitrogens with zero attached hydrogens (tertiary/aromatic N) is 4. The van der Waals surface area contributed by atoms with Crippen molar-refractivity contribution >= 4 is 11.6 Å². The molecule has 1 fully saturated rings. The highest BCUT2D eigenvalue weighted by atomic mass is 16.6. The Balaban J connectivity index is 1.68. The molecule has 0 spiro atoms. The van der Waals surface area contributed by atoms with Crippen LogP contribution in [0.25, 0.3) is 0 Å². The van der Waals surface area contributed by atoms with Gasteiger partial charge in [0.05, 0.1) is 11.0 Å². The summed E-state index contributed by atoms with van der Waals surface area (Å²) >= 11 is 0. The van der Waals surface area contributed by atoms with Gasteiger partial charge in [-0.3, -0.25) is 19.6 Å². The van der Waals surface area contributed by atoms with E-state index in [-0.39, 0.29) is 17.6 Å². The maximum atomic E-state index is 12.7. The van der Waals surface area contributed by atoms with Crippen molar-refractivity contribution in [2.24, 2.45) is 0 Å². The SMILES string of the molecule is Cc1cccc([C@H]2CCCN2C(=O)CCn2cc([N+](=O)[O-])cn2)c1C. The van der Waals surface area contributed by atoms with Crippen LogP contribution in [0.1, 0.15) is 42.0 Å². The van der Waals surface area contributed by atoms with Gasteiger partial charge >= 0.3 is 5.69 Å². The van der Waals surface area contributed by atoms with Crippen molar-refractivity contribution < 1.29 is 9.72 Å². The van der Waals surface area contributed by atoms with E-state index in [9.17, 15) is 14.9 Å². The quantitative estimate of drug-likeness (QED) is 0.617. The molecule has 2 aromatic rings. The van der Waals surface area contributed by atoms with E-state index >= 15 is 0 Å². The van der Waals surface area contributed by atoms with Crippen LogP contribution in [0.15, 0.2) is 30.6 Å². The van der Waals surface area contributed by atoms with Gasteiger partial charge in [-0.2, -0.15) is 5.10 Å². The van der Waals surface area contributed by atoms with Crippen LogP contribution in [0.3, 0.4) is 0 Å². The Morgan fingerprint density at radius 3 is 2.92 bits per heavy atom. The van der Waals surface area contributed by atoms with Crippen LogP contribution in [0.2, 0.25) is 0 Å². The number of nitro groups is 1. The van der Waals surface area contributed by atoms with Crippen LogP contribution >= 0.6 is 0 Å². The van der Waals surface area contributed by atoms with Crippen LogP contribution < -0.4 is 0 Å². The third-order valence-electron chi connectivity index (χ3n) is 4.96. The van der Waals surface area contributed by atoms with Gasteiger partial charge in [0, 0.05) is 19.5 Å². The largest absolute Gasteiger partial charge is 0.336 e. The highest BCUT2D eigenvalue weighted by Gasteiger charge is 2.30. The van der Waals surface area contributed by atoms with Crippen molar-refractivity contribution in [1.82, 2.24) is 14.7 Å². The minimum atomic E-state index is -0.484. The summed E-state index contributed by atoms with van der Waals surface area (Å²) in [5, 5.41) is 14.6. The molecular weight excluding hydrogens is 320 g/mol. The predicted molar refractivity (Wildman–Crippen MR) is 93.1 cm³/mol. The lowest BCUT2D eigenvalue weighted by Crippen LogP contribution is -2.31. The normalized spacial score (nSPS) is 17.0. The van der Waals surface area contributed by atoms with E-state index in [1.54, 1.807) is 0 Å². The Kier molecular flexibility index (Phi) is 4.83. The Bertz CT molecular complexity index is 799. The van der Waals surface area contributed by atoms with E-state index in [0.717, 1.165) is 19.4 Å².